The van der Waals surface area contributed by atoms with Gasteiger partial charge in [0.2, 0.25) is 0 Å². The van der Waals surface area contributed by atoms with Crippen molar-refractivity contribution in [2.75, 3.05) is 27.9 Å². The molecule has 0 spiro atoms. The fourth-order valence-corrected chi connectivity index (χ4v) is 2.28. The van der Waals surface area contributed by atoms with Crippen LogP contribution in [0.1, 0.15) is 11.1 Å². The molecule has 118 valence electrons. The average molecular weight is 301 g/mol. The zero-order valence-electron chi connectivity index (χ0n) is 13.4. The lowest BCUT2D eigenvalue weighted by Crippen LogP contribution is -2.17. The van der Waals surface area contributed by atoms with Crippen LogP contribution in [0.2, 0.25) is 0 Å². The highest BCUT2D eigenvalue weighted by molar-refractivity contribution is 5.40. The number of methoxy groups -OCH3 is 3. The van der Waals surface area contributed by atoms with Crippen LogP contribution in [0.3, 0.4) is 0 Å². The highest BCUT2D eigenvalue weighted by Gasteiger charge is 2.04. The van der Waals surface area contributed by atoms with Crippen molar-refractivity contribution in [1.82, 2.24) is 5.32 Å². The molecule has 0 atom stereocenters. The first-order chi connectivity index (χ1) is 10.8. The van der Waals surface area contributed by atoms with Crippen LogP contribution < -0.4 is 19.5 Å². The van der Waals surface area contributed by atoms with Crippen molar-refractivity contribution in [1.29, 1.82) is 0 Å². The molecule has 0 fully saturated rings. The standard InChI is InChI=1S/C18H23NO3/c1-20-16-6-4-5-14(11-16)9-10-19-13-15-7-8-17(21-2)12-18(15)22-3/h4-8,11-12,19H,9-10,13H2,1-3H3. The number of ether oxygens (including phenoxy) is 3. The molecule has 22 heavy (non-hydrogen) atoms. The van der Waals surface area contributed by atoms with E-state index in [1.165, 1.54) is 5.56 Å². The van der Waals surface area contributed by atoms with Crippen LogP contribution in [0.5, 0.6) is 17.2 Å². The number of nitrogens with one attached hydrogen (secondary N) is 1. The summed E-state index contributed by atoms with van der Waals surface area (Å²) in [6.07, 6.45) is 0.954. The molecule has 0 aliphatic rings. The Morgan fingerprint density at radius 3 is 2.36 bits per heavy atom. The van der Waals surface area contributed by atoms with Crippen molar-refractivity contribution >= 4 is 0 Å². The largest absolute Gasteiger partial charge is 0.497 e. The van der Waals surface area contributed by atoms with Gasteiger partial charge in [-0.1, -0.05) is 18.2 Å². The van der Waals surface area contributed by atoms with Crippen LogP contribution in [0.15, 0.2) is 42.5 Å². The van der Waals surface area contributed by atoms with E-state index in [-0.39, 0.29) is 0 Å². The molecule has 4 heteroatoms. The smallest absolute Gasteiger partial charge is 0.127 e. The fourth-order valence-electron chi connectivity index (χ4n) is 2.28. The Balaban J connectivity index is 1.85. The second kappa shape index (κ2) is 8.29. The quantitative estimate of drug-likeness (QED) is 0.761. The van der Waals surface area contributed by atoms with E-state index >= 15 is 0 Å². The summed E-state index contributed by atoms with van der Waals surface area (Å²) >= 11 is 0. The topological polar surface area (TPSA) is 39.7 Å². The zero-order valence-corrected chi connectivity index (χ0v) is 13.4. The van der Waals surface area contributed by atoms with Gasteiger partial charge in [-0.2, -0.15) is 0 Å². The highest BCUT2D eigenvalue weighted by Crippen LogP contribution is 2.24. The Bertz CT molecular complexity index is 599. The average Bonchev–Trinajstić information content (AvgIpc) is 2.58. The maximum Gasteiger partial charge on any atom is 0.127 e. The SMILES string of the molecule is COc1cccc(CCNCc2ccc(OC)cc2OC)c1. The summed E-state index contributed by atoms with van der Waals surface area (Å²) in [7, 11) is 5.02. The third kappa shape index (κ3) is 4.40. The minimum atomic E-state index is 0.761. The molecule has 0 unspecified atom stereocenters. The van der Waals surface area contributed by atoms with Gasteiger partial charge in [0.25, 0.3) is 0 Å². The van der Waals surface area contributed by atoms with Crippen LogP contribution in [0.25, 0.3) is 0 Å². The third-order valence-corrected chi connectivity index (χ3v) is 3.53. The maximum absolute atomic E-state index is 5.40. The van der Waals surface area contributed by atoms with Crippen molar-refractivity contribution in [3.8, 4) is 17.2 Å². The molecular formula is C18H23NO3. The zero-order chi connectivity index (χ0) is 15.8. The van der Waals surface area contributed by atoms with Gasteiger partial charge in [-0.3, -0.25) is 0 Å². The van der Waals surface area contributed by atoms with E-state index in [0.717, 1.165) is 42.3 Å². The predicted octanol–water partition coefficient (Wildman–Crippen LogP) is 3.04. The maximum atomic E-state index is 5.40. The molecule has 4 nitrogen and oxygen atoms in total. The summed E-state index contributed by atoms with van der Waals surface area (Å²) in [5, 5.41) is 3.44. The third-order valence-electron chi connectivity index (χ3n) is 3.53. The normalized spacial score (nSPS) is 10.3. The second-order valence-corrected chi connectivity index (χ2v) is 4.96. The van der Waals surface area contributed by atoms with Crippen molar-refractivity contribution in [2.24, 2.45) is 0 Å². The van der Waals surface area contributed by atoms with E-state index in [4.69, 9.17) is 14.2 Å². The van der Waals surface area contributed by atoms with Gasteiger partial charge in [-0.05, 0) is 36.7 Å². The van der Waals surface area contributed by atoms with E-state index in [0.29, 0.717) is 0 Å². The van der Waals surface area contributed by atoms with Crippen LogP contribution >= 0.6 is 0 Å². The molecule has 0 aromatic heterocycles. The van der Waals surface area contributed by atoms with Crippen LogP contribution in [-0.4, -0.2) is 27.9 Å². The van der Waals surface area contributed by atoms with Crippen LogP contribution in [-0.2, 0) is 13.0 Å². The van der Waals surface area contributed by atoms with Gasteiger partial charge in [0, 0.05) is 18.2 Å². The molecule has 2 rings (SSSR count). The van der Waals surface area contributed by atoms with Gasteiger partial charge in [0.05, 0.1) is 21.3 Å². The molecule has 0 amide bonds. The predicted molar refractivity (Wildman–Crippen MR) is 88.0 cm³/mol. The van der Waals surface area contributed by atoms with Crippen molar-refractivity contribution in [3.63, 3.8) is 0 Å². The molecule has 0 bridgehead atoms. The van der Waals surface area contributed by atoms with Gasteiger partial charge in [-0.25, -0.2) is 0 Å². The van der Waals surface area contributed by atoms with E-state index in [9.17, 15) is 0 Å². The van der Waals surface area contributed by atoms with E-state index in [2.05, 4.69) is 17.4 Å². The first kappa shape index (κ1) is 16.2. The van der Waals surface area contributed by atoms with E-state index in [1.54, 1.807) is 21.3 Å². The van der Waals surface area contributed by atoms with Crippen molar-refractivity contribution in [3.05, 3.63) is 53.6 Å². The molecular weight excluding hydrogens is 278 g/mol. The first-order valence-corrected chi connectivity index (χ1v) is 7.31. The van der Waals surface area contributed by atoms with Gasteiger partial charge < -0.3 is 19.5 Å². The Hall–Kier alpha value is -2.20. The molecule has 0 heterocycles. The molecule has 0 aliphatic carbocycles. The molecule has 0 saturated heterocycles. The summed E-state index contributed by atoms with van der Waals surface area (Å²) in [4.78, 5) is 0. The Morgan fingerprint density at radius 1 is 0.864 bits per heavy atom. The summed E-state index contributed by atoms with van der Waals surface area (Å²) < 4.78 is 15.8. The van der Waals surface area contributed by atoms with Gasteiger partial charge >= 0.3 is 0 Å². The number of benzene rings is 2. The summed E-state index contributed by atoms with van der Waals surface area (Å²) in [6, 6.07) is 14.0. The van der Waals surface area contributed by atoms with Crippen LogP contribution in [0.4, 0.5) is 0 Å². The lowest BCUT2D eigenvalue weighted by molar-refractivity contribution is 0.390. The first-order valence-electron chi connectivity index (χ1n) is 7.31. The van der Waals surface area contributed by atoms with Gasteiger partial charge in [-0.15, -0.1) is 0 Å². The number of rotatable bonds is 8. The van der Waals surface area contributed by atoms with Gasteiger partial charge in [0.15, 0.2) is 0 Å². The molecule has 0 radical (unpaired) electrons. The van der Waals surface area contributed by atoms with E-state index in [1.807, 2.05) is 30.3 Å². The summed E-state index contributed by atoms with van der Waals surface area (Å²) in [5.74, 6) is 2.54. The highest BCUT2D eigenvalue weighted by atomic mass is 16.5. The molecule has 2 aromatic carbocycles. The molecule has 2 aromatic rings. The minimum absolute atomic E-state index is 0.761. The van der Waals surface area contributed by atoms with Crippen molar-refractivity contribution < 1.29 is 14.2 Å². The molecule has 0 aliphatic heterocycles. The summed E-state index contributed by atoms with van der Waals surface area (Å²) in [6.45, 7) is 1.65. The molecule has 1 N–H and O–H groups in total. The molecule has 0 saturated carbocycles. The Kier molecular flexibility index (Phi) is 6.10. The van der Waals surface area contributed by atoms with Gasteiger partial charge in [0.1, 0.15) is 17.2 Å². The Labute approximate surface area is 132 Å². The fraction of sp³-hybridized carbons (Fsp3) is 0.333. The number of hydrogen-bond acceptors (Lipinski definition) is 4. The lowest BCUT2D eigenvalue weighted by Gasteiger charge is -2.11. The number of hydrogen-bond donors (Lipinski definition) is 1. The van der Waals surface area contributed by atoms with E-state index < -0.39 is 0 Å². The second-order valence-electron chi connectivity index (χ2n) is 4.96. The minimum Gasteiger partial charge on any atom is -0.497 e. The summed E-state index contributed by atoms with van der Waals surface area (Å²) in [5.41, 5.74) is 2.38. The monoisotopic (exact) mass is 301 g/mol. The van der Waals surface area contributed by atoms with Crippen molar-refractivity contribution in [2.45, 2.75) is 13.0 Å². The Morgan fingerprint density at radius 2 is 1.64 bits per heavy atom. The van der Waals surface area contributed by atoms with Crippen LogP contribution in [0, 0.1) is 0 Å². The lowest BCUT2D eigenvalue weighted by atomic mass is 10.1.